The van der Waals surface area contributed by atoms with E-state index in [1.807, 2.05) is 30.3 Å². The van der Waals surface area contributed by atoms with Crippen molar-refractivity contribution >= 4 is 5.91 Å². The molecule has 0 N–H and O–H groups in total. The third-order valence-electron chi connectivity index (χ3n) is 2.87. The highest BCUT2D eigenvalue weighted by Crippen LogP contribution is 2.26. The van der Waals surface area contributed by atoms with Crippen molar-refractivity contribution in [2.24, 2.45) is 0 Å². The molecule has 1 amide bonds. The SMILES string of the molecule is CON(C)C(=O)c1c(F)cccc1-c1ccccc1. The number of halogens is 1. The van der Waals surface area contributed by atoms with E-state index in [4.69, 9.17) is 4.84 Å². The maximum atomic E-state index is 14.0. The Labute approximate surface area is 111 Å². The van der Waals surface area contributed by atoms with E-state index in [1.54, 1.807) is 12.1 Å². The molecule has 0 atom stereocenters. The molecule has 2 aromatic rings. The Balaban J connectivity index is 2.57. The van der Waals surface area contributed by atoms with Crippen LogP contribution in [0.4, 0.5) is 4.39 Å². The summed E-state index contributed by atoms with van der Waals surface area (Å²) in [7, 11) is 2.81. The van der Waals surface area contributed by atoms with Crippen LogP contribution in [0.5, 0.6) is 0 Å². The molecule has 0 saturated carbocycles. The van der Waals surface area contributed by atoms with Gasteiger partial charge in [-0.1, -0.05) is 42.5 Å². The van der Waals surface area contributed by atoms with E-state index in [-0.39, 0.29) is 5.56 Å². The smallest absolute Gasteiger partial charge is 0.274 e. The second-order valence-corrected chi connectivity index (χ2v) is 4.01. The minimum atomic E-state index is -0.560. The second-order valence-electron chi connectivity index (χ2n) is 4.01. The van der Waals surface area contributed by atoms with E-state index in [9.17, 15) is 9.18 Å². The number of nitrogens with zero attached hydrogens (tertiary/aromatic N) is 1. The summed E-state index contributed by atoms with van der Waals surface area (Å²) in [6.07, 6.45) is 0. The molecule has 0 fully saturated rings. The van der Waals surface area contributed by atoms with Crippen molar-refractivity contribution in [1.82, 2.24) is 5.06 Å². The summed E-state index contributed by atoms with van der Waals surface area (Å²) in [5.74, 6) is -1.07. The zero-order chi connectivity index (χ0) is 13.8. The normalized spacial score (nSPS) is 10.3. The van der Waals surface area contributed by atoms with Gasteiger partial charge in [-0.2, -0.15) is 0 Å². The van der Waals surface area contributed by atoms with Crippen LogP contribution in [0.1, 0.15) is 10.4 Å². The lowest BCUT2D eigenvalue weighted by molar-refractivity contribution is -0.0758. The standard InChI is InChI=1S/C15H14FNO2/c1-17(19-2)15(18)14-12(9-6-10-13(14)16)11-7-4-3-5-8-11/h3-10H,1-2H3. The van der Waals surface area contributed by atoms with Gasteiger partial charge in [-0.15, -0.1) is 0 Å². The van der Waals surface area contributed by atoms with Gasteiger partial charge < -0.3 is 0 Å². The van der Waals surface area contributed by atoms with Gasteiger partial charge in [0, 0.05) is 7.05 Å². The van der Waals surface area contributed by atoms with Gasteiger partial charge in [-0.05, 0) is 17.2 Å². The van der Waals surface area contributed by atoms with Crippen molar-refractivity contribution in [1.29, 1.82) is 0 Å². The molecular weight excluding hydrogens is 245 g/mol. The molecule has 2 aromatic carbocycles. The first-order valence-corrected chi connectivity index (χ1v) is 5.81. The highest BCUT2D eigenvalue weighted by Gasteiger charge is 2.20. The summed E-state index contributed by atoms with van der Waals surface area (Å²) >= 11 is 0. The maximum absolute atomic E-state index is 14.0. The Morgan fingerprint density at radius 3 is 2.42 bits per heavy atom. The molecular formula is C15H14FNO2. The second kappa shape index (κ2) is 5.63. The molecule has 98 valence electrons. The van der Waals surface area contributed by atoms with Gasteiger partial charge in [0.15, 0.2) is 0 Å². The lowest BCUT2D eigenvalue weighted by Crippen LogP contribution is -2.26. The molecule has 0 bridgehead atoms. The number of hydrogen-bond donors (Lipinski definition) is 0. The fourth-order valence-corrected chi connectivity index (χ4v) is 1.84. The Hall–Kier alpha value is -2.20. The molecule has 0 aromatic heterocycles. The Morgan fingerprint density at radius 2 is 1.79 bits per heavy atom. The molecule has 0 radical (unpaired) electrons. The molecule has 19 heavy (non-hydrogen) atoms. The summed E-state index contributed by atoms with van der Waals surface area (Å²) in [6.45, 7) is 0. The van der Waals surface area contributed by atoms with Crippen LogP contribution in [0.15, 0.2) is 48.5 Å². The van der Waals surface area contributed by atoms with Crippen LogP contribution in [0.25, 0.3) is 11.1 Å². The number of hydrogen-bond acceptors (Lipinski definition) is 2. The third-order valence-corrected chi connectivity index (χ3v) is 2.87. The summed E-state index contributed by atoms with van der Waals surface area (Å²) in [5, 5.41) is 1.00. The van der Waals surface area contributed by atoms with Crippen LogP contribution in [0, 0.1) is 5.82 Å². The van der Waals surface area contributed by atoms with Crippen molar-refractivity contribution in [3.8, 4) is 11.1 Å². The number of carbonyl (C=O) groups is 1. The van der Waals surface area contributed by atoms with Crippen LogP contribution in [0.2, 0.25) is 0 Å². The topological polar surface area (TPSA) is 29.5 Å². The summed E-state index contributed by atoms with van der Waals surface area (Å²) in [4.78, 5) is 17.0. The van der Waals surface area contributed by atoms with Crippen molar-refractivity contribution < 1.29 is 14.0 Å². The minimum Gasteiger partial charge on any atom is -0.274 e. The van der Waals surface area contributed by atoms with E-state index in [1.165, 1.54) is 20.2 Å². The van der Waals surface area contributed by atoms with Crippen LogP contribution in [-0.4, -0.2) is 25.1 Å². The molecule has 0 spiro atoms. The van der Waals surface area contributed by atoms with Crippen molar-refractivity contribution in [2.75, 3.05) is 14.2 Å². The monoisotopic (exact) mass is 259 g/mol. The van der Waals surface area contributed by atoms with Crippen molar-refractivity contribution in [3.63, 3.8) is 0 Å². The van der Waals surface area contributed by atoms with E-state index < -0.39 is 11.7 Å². The average molecular weight is 259 g/mol. The fourth-order valence-electron chi connectivity index (χ4n) is 1.84. The molecule has 0 aliphatic heterocycles. The van der Waals surface area contributed by atoms with E-state index in [0.29, 0.717) is 5.56 Å². The molecule has 0 saturated heterocycles. The summed E-state index contributed by atoms with van der Waals surface area (Å²) in [6, 6.07) is 13.8. The summed E-state index contributed by atoms with van der Waals surface area (Å²) < 4.78 is 14.0. The molecule has 0 heterocycles. The minimum absolute atomic E-state index is 0.0121. The van der Waals surface area contributed by atoms with E-state index in [0.717, 1.165) is 10.6 Å². The van der Waals surface area contributed by atoms with Crippen molar-refractivity contribution in [3.05, 3.63) is 59.9 Å². The first-order valence-electron chi connectivity index (χ1n) is 5.81. The van der Waals surface area contributed by atoms with E-state index >= 15 is 0 Å². The van der Waals surface area contributed by atoms with E-state index in [2.05, 4.69) is 0 Å². The molecule has 4 heteroatoms. The van der Waals surface area contributed by atoms with Gasteiger partial charge >= 0.3 is 0 Å². The Bertz CT molecular complexity index is 584. The number of amides is 1. The average Bonchev–Trinajstić information content (AvgIpc) is 2.46. The van der Waals surface area contributed by atoms with Gasteiger partial charge in [-0.25, -0.2) is 9.45 Å². The lowest BCUT2D eigenvalue weighted by Gasteiger charge is -2.16. The molecule has 2 rings (SSSR count). The number of hydroxylamine groups is 2. The predicted octanol–water partition coefficient (Wildman–Crippen LogP) is 3.13. The highest BCUT2D eigenvalue weighted by atomic mass is 19.1. The third kappa shape index (κ3) is 2.63. The number of benzene rings is 2. The molecule has 3 nitrogen and oxygen atoms in total. The fraction of sp³-hybridized carbons (Fsp3) is 0.133. The first kappa shape index (κ1) is 13.2. The van der Waals surface area contributed by atoms with Crippen molar-refractivity contribution in [2.45, 2.75) is 0 Å². The Kier molecular flexibility index (Phi) is 3.92. The number of rotatable bonds is 3. The van der Waals surface area contributed by atoms with Gasteiger partial charge in [0.05, 0.1) is 12.7 Å². The van der Waals surface area contributed by atoms with Gasteiger partial charge in [0.1, 0.15) is 5.82 Å². The van der Waals surface area contributed by atoms with Gasteiger partial charge in [-0.3, -0.25) is 9.63 Å². The summed E-state index contributed by atoms with van der Waals surface area (Å²) in [5.41, 5.74) is 1.35. The van der Waals surface area contributed by atoms with Gasteiger partial charge in [0.2, 0.25) is 0 Å². The van der Waals surface area contributed by atoms with Crippen LogP contribution in [-0.2, 0) is 4.84 Å². The van der Waals surface area contributed by atoms with Crippen LogP contribution >= 0.6 is 0 Å². The predicted molar refractivity (Wildman–Crippen MR) is 70.9 cm³/mol. The zero-order valence-electron chi connectivity index (χ0n) is 10.8. The Morgan fingerprint density at radius 1 is 1.11 bits per heavy atom. The molecule has 0 aliphatic rings. The maximum Gasteiger partial charge on any atom is 0.280 e. The zero-order valence-corrected chi connectivity index (χ0v) is 10.8. The van der Waals surface area contributed by atoms with Crippen LogP contribution in [0.3, 0.4) is 0 Å². The molecule has 0 aliphatic carbocycles. The lowest BCUT2D eigenvalue weighted by atomic mass is 9.98. The highest BCUT2D eigenvalue weighted by molar-refractivity contribution is 6.00. The molecule has 0 unspecified atom stereocenters. The largest absolute Gasteiger partial charge is 0.280 e. The van der Waals surface area contributed by atoms with Gasteiger partial charge in [0.25, 0.3) is 5.91 Å². The van der Waals surface area contributed by atoms with Crippen LogP contribution < -0.4 is 0 Å². The number of carbonyl (C=O) groups excluding carboxylic acids is 1. The quantitative estimate of drug-likeness (QED) is 0.792. The first-order chi connectivity index (χ1) is 9.15.